The van der Waals surface area contributed by atoms with Gasteiger partial charge in [-0.25, -0.2) is 0 Å². The molecule has 0 aliphatic rings. The average Bonchev–Trinajstić information content (AvgIpc) is 3.21. The van der Waals surface area contributed by atoms with Gasteiger partial charge in [-0.2, -0.15) is 0 Å². The Balaban J connectivity index is 1.49. The molecule has 0 spiro atoms. The number of aromatic nitrogens is 2. The van der Waals surface area contributed by atoms with E-state index in [2.05, 4.69) is 77.2 Å². The van der Waals surface area contributed by atoms with Crippen LogP contribution in [0, 0.1) is 13.8 Å². The van der Waals surface area contributed by atoms with Crippen LogP contribution in [-0.4, -0.2) is 28.2 Å². The van der Waals surface area contributed by atoms with Gasteiger partial charge in [0.05, 0.1) is 0 Å². The van der Waals surface area contributed by atoms with Crippen LogP contribution in [0.15, 0.2) is 52.1 Å². The molecule has 0 aliphatic heterocycles. The Bertz CT molecular complexity index is 1010. The van der Waals surface area contributed by atoms with Gasteiger partial charge in [-0.3, -0.25) is 0 Å². The first-order valence-electron chi connectivity index (χ1n) is 10.1. The second-order valence-corrected chi connectivity index (χ2v) is 9.30. The van der Waals surface area contributed by atoms with Gasteiger partial charge in [0, 0.05) is 21.9 Å². The molecular weight excluding hydrogens is 433 g/mol. The van der Waals surface area contributed by atoms with Crippen molar-refractivity contribution in [2.45, 2.75) is 44.2 Å². The van der Waals surface area contributed by atoms with Crippen LogP contribution in [0.3, 0.4) is 0 Å². The summed E-state index contributed by atoms with van der Waals surface area (Å²) in [4.78, 5) is 8.57. The van der Waals surface area contributed by atoms with Gasteiger partial charge in [-0.05, 0) is 68.1 Å². The normalized spacial score (nSPS) is 12.7. The molecule has 2 aromatic carbocycles. The highest BCUT2D eigenvalue weighted by Crippen LogP contribution is 2.35. The Hall–Kier alpha value is -2.09. The molecule has 7 nitrogen and oxygen atoms in total. The van der Waals surface area contributed by atoms with E-state index in [9.17, 15) is 4.57 Å². The lowest BCUT2D eigenvalue weighted by Gasteiger charge is -2.10. The summed E-state index contributed by atoms with van der Waals surface area (Å²) in [7, 11) is -2.50. The maximum Gasteiger partial charge on any atom is 0.694 e. The fourth-order valence-electron chi connectivity index (χ4n) is 2.95. The highest BCUT2D eigenvalue weighted by Gasteiger charge is 2.15. The third-order valence-corrected chi connectivity index (χ3v) is 6.31. The van der Waals surface area contributed by atoms with E-state index in [1.165, 1.54) is 22.3 Å². The number of aryl methyl sites for hydroxylation is 2. The molecule has 0 bridgehead atoms. The van der Waals surface area contributed by atoms with Gasteiger partial charge in [0.25, 0.3) is 5.22 Å². The van der Waals surface area contributed by atoms with Crippen LogP contribution in [0.25, 0.3) is 11.5 Å². The molecule has 0 radical (unpaired) electrons. The number of nitrogens with zero attached hydrogens (tertiary/aromatic N) is 2. The van der Waals surface area contributed by atoms with E-state index >= 15 is 0 Å². The lowest BCUT2D eigenvalue weighted by Crippen LogP contribution is -2.15. The summed E-state index contributed by atoms with van der Waals surface area (Å²) in [6.07, 6.45) is 0.682. The fourth-order valence-corrected chi connectivity index (χ4v) is 4.04. The SMILES string of the molecule is Cc1ccc(-c2nnc(SC(C)c3ccc(CNCCCO[P+](=O)O)cc3)o2)cc1C. The monoisotopic (exact) mass is 460 g/mol. The number of rotatable bonds is 11. The van der Waals surface area contributed by atoms with E-state index in [1.807, 2.05) is 6.07 Å². The molecule has 2 unspecified atom stereocenters. The van der Waals surface area contributed by atoms with E-state index in [0.717, 1.165) is 18.7 Å². The van der Waals surface area contributed by atoms with Crippen LogP contribution in [-0.2, 0) is 15.6 Å². The Morgan fingerprint density at radius 2 is 1.94 bits per heavy atom. The van der Waals surface area contributed by atoms with Crippen molar-refractivity contribution in [1.82, 2.24) is 15.5 Å². The topological polar surface area (TPSA) is 97.5 Å². The maximum atomic E-state index is 10.4. The summed E-state index contributed by atoms with van der Waals surface area (Å²) >= 11 is 1.54. The summed E-state index contributed by atoms with van der Waals surface area (Å²) in [6, 6.07) is 14.5. The van der Waals surface area contributed by atoms with Gasteiger partial charge in [0.2, 0.25) is 5.89 Å². The number of hydrogen-bond acceptors (Lipinski definition) is 7. The molecule has 1 heterocycles. The van der Waals surface area contributed by atoms with Gasteiger partial charge in [-0.1, -0.05) is 42.1 Å². The van der Waals surface area contributed by atoms with Crippen LogP contribution in [0.5, 0.6) is 0 Å². The molecule has 164 valence electrons. The molecule has 0 amide bonds. The second kappa shape index (κ2) is 11.5. The first kappa shape index (κ1) is 23.6. The summed E-state index contributed by atoms with van der Waals surface area (Å²) in [5.41, 5.74) is 5.72. The Labute approximate surface area is 187 Å². The van der Waals surface area contributed by atoms with E-state index in [1.54, 1.807) is 11.8 Å². The number of benzene rings is 2. The van der Waals surface area contributed by atoms with Crippen LogP contribution >= 0.6 is 20.0 Å². The number of nitrogens with one attached hydrogen (secondary N) is 1. The highest BCUT2D eigenvalue weighted by molar-refractivity contribution is 7.99. The molecule has 31 heavy (non-hydrogen) atoms. The van der Waals surface area contributed by atoms with Crippen molar-refractivity contribution in [3.05, 3.63) is 64.7 Å². The van der Waals surface area contributed by atoms with Gasteiger partial charge < -0.3 is 9.73 Å². The highest BCUT2D eigenvalue weighted by atomic mass is 32.2. The van der Waals surface area contributed by atoms with E-state index < -0.39 is 8.25 Å². The first-order valence-corrected chi connectivity index (χ1v) is 12.1. The van der Waals surface area contributed by atoms with Crippen molar-refractivity contribution in [1.29, 1.82) is 0 Å². The van der Waals surface area contributed by atoms with Gasteiger partial charge in [-0.15, -0.1) is 19.6 Å². The Kier molecular flexibility index (Phi) is 8.75. The lowest BCUT2D eigenvalue weighted by atomic mass is 10.1. The Morgan fingerprint density at radius 3 is 2.65 bits per heavy atom. The zero-order valence-electron chi connectivity index (χ0n) is 17.9. The van der Waals surface area contributed by atoms with Gasteiger partial charge in [0.1, 0.15) is 6.61 Å². The zero-order chi connectivity index (χ0) is 22.2. The number of hydrogen-bond donors (Lipinski definition) is 2. The predicted octanol–water partition coefficient (Wildman–Crippen LogP) is 5.35. The molecule has 0 fully saturated rings. The molecule has 9 heteroatoms. The smallest absolute Gasteiger partial charge is 0.411 e. The fraction of sp³-hybridized carbons (Fsp3) is 0.364. The summed E-state index contributed by atoms with van der Waals surface area (Å²) in [5.74, 6) is 0.537. The molecular formula is C22H27N3O4PS+. The van der Waals surface area contributed by atoms with Crippen molar-refractivity contribution in [2.75, 3.05) is 13.2 Å². The minimum atomic E-state index is -2.50. The van der Waals surface area contributed by atoms with Gasteiger partial charge >= 0.3 is 8.25 Å². The van der Waals surface area contributed by atoms with Crippen LogP contribution in [0.2, 0.25) is 0 Å². The van der Waals surface area contributed by atoms with E-state index in [4.69, 9.17) is 9.31 Å². The van der Waals surface area contributed by atoms with Crippen molar-refractivity contribution in [3.8, 4) is 11.5 Å². The molecule has 0 aliphatic carbocycles. The minimum absolute atomic E-state index is 0.174. The predicted molar refractivity (Wildman–Crippen MR) is 122 cm³/mol. The molecule has 0 saturated heterocycles. The van der Waals surface area contributed by atoms with Crippen LogP contribution in [0.4, 0.5) is 0 Å². The maximum absolute atomic E-state index is 10.4. The Morgan fingerprint density at radius 1 is 1.16 bits per heavy atom. The zero-order valence-corrected chi connectivity index (χ0v) is 19.6. The second-order valence-electron chi connectivity index (χ2n) is 7.28. The molecule has 3 aromatic rings. The molecule has 2 atom stereocenters. The largest absolute Gasteiger partial charge is 0.694 e. The summed E-state index contributed by atoms with van der Waals surface area (Å²) in [5, 5.41) is 12.4. The summed E-state index contributed by atoms with van der Waals surface area (Å²) < 4.78 is 20.9. The third-order valence-electron chi connectivity index (χ3n) is 4.92. The first-order chi connectivity index (χ1) is 14.9. The van der Waals surface area contributed by atoms with E-state index in [-0.39, 0.29) is 11.9 Å². The van der Waals surface area contributed by atoms with Gasteiger partial charge in [0.15, 0.2) is 0 Å². The molecule has 2 N–H and O–H groups in total. The standard InChI is InChI=1S/C22H26N3O4PS/c1-15-5-8-20(13-16(15)2)21-24-25-22(29-21)31-17(3)19-9-6-18(7-10-19)14-23-11-4-12-28-30(26)27/h5-10,13,17,23H,4,11-12,14H2,1-3H3/p+1. The lowest BCUT2D eigenvalue weighted by molar-refractivity contribution is 0.276. The van der Waals surface area contributed by atoms with Crippen LogP contribution in [0.1, 0.15) is 40.8 Å². The van der Waals surface area contributed by atoms with Crippen molar-refractivity contribution >= 4 is 20.0 Å². The van der Waals surface area contributed by atoms with Crippen molar-refractivity contribution in [3.63, 3.8) is 0 Å². The third kappa shape index (κ3) is 7.23. The number of thioether (sulfide) groups is 1. The van der Waals surface area contributed by atoms with Crippen molar-refractivity contribution < 1.29 is 18.4 Å². The molecule has 3 rings (SSSR count). The molecule has 1 aromatic heterocycles. The van der Waals surface area contributed by atoms with Crippen molar-refractivity contribution in [2.24, 2.45) is 0 Å². The minimum Gasteiger partial charge on any atom is -0.411 e. The molecule has 0 saturated carbocycles. The average molecular weight is 461 g/mol. The summed E-state index contributed by atoms with van der Waals surface area (Å²) in [6.45, 7) is 7.99. The van der Waals surface area contributed by atoms with Crippen LogP contribution < -0.4 is 5.32 Å². The van der Waals surface area contributed by atoms with E-state index in [0.29, 0.717) is 17.5 Å². The quantitative estimate of drug-likeness (QED) is 0.224.